The van der Waals surface area contributed by atoms with Gasteiger partial charge in [0.05, 0.1) is 24.4 Å². The van der Waals surface area contributed by atoms with Crippen LogP contribution in [0.3, 0.4) is 0 Å². The lowest BCUT2D eigenvalue weighted by atomic mass is 10.1. The van der Waals surface area contributed by atoms with Crippen LogP contribution in [-0.4, -0.2) is 32.8 Å². The number of rotatable bonds is 5. The molecule has 3 N–H and O–H groups in total. The molecule has 8 nitrogen and oxygen atoms in total. The minimum atomic E-state index is -0.495. The first kappa shape index (κ1) is 17.5. The third-order valence-corrected chi connectivity index (χ3v) is 4.37. The van der Waals surface area contributed by atoms with E-state index in [2.05, 4.69) is 20.4 Å². The molecule has 2 aromatic carbocycles. The lowest BCUT2D eigenvalue weighted by Gasteiger charge is -2.12. The lowest BCUT2D eigenvalue weighted by Crippen LogP contribution is -2.11. The summed E-state index contributed by atoms with van der Waals surface area (Å²) in [5.41, 5.74) is 8.93. The van der Waals surface area contributed by atoms with Crippen LogP contribution in [0.5, 0.6) is 6.01 Å². The highest BCUT2D eigenvalue weighted by Gasteiger charge is 2.16. The van der Waals surface area contributed by atoms with E-state index in [0.29, 0.717) is 28.1 Å². The van der Waals surface area contributed by atoms with Crippen molar-refractivity contribution in [2.24, 2.45) is 5.73 Å². The average molecular weight is 374 g/mol. The van der Waals surface area contributed by atoms with Crippen LogP contribution >= 0.6 is 0 Å². The van der Waals surface area contributed by atoms with Gasteiger partial charge in [-0.2, -0.15) is 15.1 Å². The van der Waals surface area contributed by atoms with E-state index in [4.69, 9.17) is 10.5 Å². The molecule has 0 saturated heterocycles. The van der Waals surface area contributed by atoms with Crippen molar-refractivity contribution in [1.82, 2.24) is 19.7 Å². The second kappa shape index (κ2) is 6.99. The Kier molecular flexibility index (Phi) is 4.36. The van der Waals surface area contributed by atoms with Crippen LogP contribution in [0.15, 0.2) is 54.7 Å². The topological polar surface area (TPSA) is 108 Å². The fourth-order valence-corrected chi connectivity index (χ4v) is 2.87. The summed E-state index contributed by atoms with van der Waals surface area (Å²) in [6, 6.07) is 15.1. The Labute approximate surface area is 161 Å². The molecule has 8 heteroatoms. The molecule has 0 atom stereocenters. The molecule has 0 aliphatic rings. The summed E-state index contributed by atoms with van der Waals surface area (Å²) in [6.07, 6.45) is 1.69. The van der Waals surface area contributed by atoms with Crippen molar-refractivity contribution >= 4 is 28.4 Å². The summed E-state index contributed by atoms with van der Waals surface area (Å²) >= 11 is 0. The van der Waals surface area contributed by atoms with Gasteiger partial charge in [0.25, 0.3) is 0 Å². The Morgan fingerprint density at radius 3 is 2.64 bits per heavy atom. The maximum atomic E-state index is 11.5. The van der Waals surface area contributed by atoms with Gasteiger partial charge >= 0.3 is 6.01 Å². The van der Waals surface area contributed by atoms with Crippen LogP contribution in [0, 0.1) is 6.92 Å². The van der Waals surface area contributed by atoms with Gasteiger partial charge in [-0.15, -0.1) is 0 Å². The number of primary amides is 1. The van der Waals surface area contributed by atoms with Crippen LogP contribution in [0.25, 0.3) is 16.7 Å². The number of aryl methyl sites for hydroxylation is 1. The van der Waals surface area contributed by atoms with Crippen molar-refractivity contribution in [2.45, 2.75) is 6.92 Å². The number of fused-ring (bicyclic) bond motifs is 1. The Hall–Kier alpha value is -3.94. The molecular weight excluding hydrogens is 356 g/mol. The number of carbonyl (C=O) groups is 1. The summed E-state index contributed by atoms with van der Waals surface area (Å²) in [6.45, 7) is 1.93. The Balaban J connectivity index is 1.85. The molecule has 0 spiro atoms. The molecule has 4 aromatic rings. The number of nitrogens with two attached hydrogens (primary N) is 1. The van der Waals surface area contributed by atoms with E-state index in [9.17, 15) is 4.79 Å². The number of hydrogen-bond acceptors (Lipinski definition) is 6. The summed E-state index contributed by atoms with van der Waals surface area (Å²) in [5.74, 6) is 0.0270. The van der Waals surface area contributed by atoms with E-state index in [1.54, 1.807) is 23.0 Å². The van der Waals surface area contributed by atoms with Gasteiger partial charge in [-0.05, 0) is 36.8 Å². The normalized spacial score (nSPS) is 10.8. The van der Waals surface area contributed by atoms with Gasteiger partial charge in [0, 0.05) is 11.3 Å². The van der Waals surface area contributed by atoms with Gasteiger partial charge in [-0.3, -0.25) is 4.79 Å². The molecule has 0 unspecified atom stereocenters. The van der Waals surface area contributed by atoms with E-state index in [0.717, 1.165) is 11.3 Å². The standard InChI is InChI=1S/C20H18N6O2/c1-12-8-9-13(17(21)27)10-16(12)23-18-15-11-22-26(14-6-4-3-5-7-14)19(15)25-20(24-18)28-2/h3-11H,1-2H3,(H2,21,27)(H,23,24,25). The molecule has 0 bridgehead atoms. The summed E-state index contributed by atoms with van der Waals surface area (Å²) in [7, 11) is 1.51. The third kappa shape index (κ3) is 3.11. The van der Waals surface area contributed by atoms with E-state index in [-0.39, 0.29) is 6.01 Å². The Morgan fingerprint density at radius 2 is 1.93 bits per heavy atom. The molecule has 1 amide bonds. The molecule has 0 fully saturated rings. The molecule has 2 heterocycles. The minimum absolute atomic E-state index is 0.205. The van der Waals surface area contributed by atoms with Crippen molar-refractivity contribution in [3.63, 3.8) is 0 Å². The molecule has 4 rings (SSSR count). The van der Waals surface area contributed by atoms with Crippen LogP contribution in [-0.2, 0) is 0 Å². The number of methoxy groups -OCH3 is 1. The highest BCUT2D eigenvalue weighted by atomic mass is 16.5. The number of aromatic nitrogens is 4. The summed E-state index contributed by atoms with van der Waals surface area (Å²) in [5, 5.41) is 8.43. The maximum absolute atomic E-state index is 11.5. The summed E-state index contributed by atoms with van der Waals surface area (Å²) < 4.78 is 7.00. The van der Waals surface area contributed by atoms with E-state index in [1.165, 1.54) is 7.11 Å². The number of nitrogens with one attached hydrogen (secondary N) is 1. The first-order chi connectivity index (χ1) is 13.6. The predicted molar refractivity (Wildman–Crippen MR) is 106 cm³/mol. The number of ether oxygens (including phenoxy) is 1. The van der Waals surface area contributed by atoms with Gasteiger partial charge < -0.3 is 15.8 Å². The maximum Gasteiger partial charge on any atom is 0.320 e. The second-order valence-corrected chi connectivity index (χ2v) is 6.21. The highest BCUT2D eigenvalue weighted by Crippen LogP contribution is 2.29. The van der Waals surface area contributed by atoms with E-state index in [1.807, 2.05) is 43.3 Å². The van der Waals surface area contributed by atoms with Crippen LogP contribution in [0.2, 0.25) is 0 Å². The smallest absolute Gasteiger partial charge is 0.320 e. The Morgan fingerprint density at radius 1 is 1.14 bits per heavy atom. The van der Waals surface area contributed by atoms with Gasteiger partial charge in [0.15, 0.2) is 5.65 Å². The van der Waals surface area contributed by atoms with Crippen molar-refractivity contribution < 1.29 is 9.53 Å². The molecular formula is C20H18N6O2. The second-order valence-electron chi connectivity index (χ2n) is 6.21. The number of anilines is 2. The van der Waals surface area contributed by atoms with Gasteiger partial charge in [0.2, 0.25) is 5.91 Å². The fourth-order valence-electron chi connectivity index (χ4n) is 2.87. The van der Waals surface area contributed by atoms with Gasteiger partial charge in [0.1, 0.15) is 5.82 Å². The van der Waals surface area contributed by atoms with Crippen LogP contribution in [0.4, 0.5) is 11.5 Å². The zero-order chi connectivity index (χ0) is 19.7. The van der Waals surface area contributed by atoms with E-state index < -0.39 is 5.91 Å². The van der Waals surface area contributed by atoms with Gasteiger partial charge in [-0.25, -0.2) is 4.68 Å². The van der Waals surface area contributed by atoms with Crippen molar-refractivity contribution in [1.29, 1.82) is 0 Å². The van der Waals surface area contributed by atoms with Gasteiger partial charge in [-0.1, -0.05) is 24.3 Å². The number of para-hydroxylation sites is 1. The van der Waals surface area contributed by atoms with Crippen LogP contribution in [0.1, 0.15) is 15.9 Å². The number of hydrogen-bond donors (Lipinski definition) is 2. The highest BCUT2D eigenvalue weighted by molar-refractivity contribution is 5.95. The minimum Gasteiger partial charge on any atom is -0.467 e. The monoisotopic (exact) mass is 374 g/mol. The quantitative estimate of drug-likeness (QED) is 0.556. The third-order valence-electron chi connectivity index (χ3n) is 4.37. The zero-order valence-corrected chi connectivity index (χ0v) is 15.4. The van der Waals surface area contributed by atoms with Crippen molar-refractivity contribution in [3.05, 3.63) is 65.9 Å². The van der Waals surface area contributed by atoms with Crippen LogP contribution < -0.4 is 15.8 Å². The molecule has 140 valence electrons. The molecule has 0 aliphatic heterocycles. The number of carbonyl (C=O) groups excluding carboxylic acids is 1. The largest absolute Gasteiger partial charge is 0.467 e. The molecule has 0 aliphatic carbocycles. The zero-order valence-electron chi connectivity index (χ0n) is 15.4. The number of benzene rings is 2. The average Bonchev–Trinajstić information content (AvgIpc) is 3.14. The fraction of sp³-hybridized carbons (Fsp3) is 0.100. The summed E-state index contributed by atoms with van der Waals surface area (Å²) in [4.78, 5) is 20.4. The first-order valence-corrected chi connectivity index (χ1v) is 8.59. The number of amides is 1. The van der Waals surface area contributed by atoms with Crippen molar-refractivity contribution in [3.8, 4) is 11.7 Å². The van der Waals surface area contributed by atoms with Crippen molar-refractivity contribution in [2.75, 3.05) is 12.4 Å². The lowest BCUT2D eigenvalue weighted by molar-refractivity contribution is 0.100. The van der Waals surface area contributed by atoms with E-state index >= 15 is 0 Å². The first-order valence-electron chi connectivity index (χ1n) is 8.59. The predicted octanol–water partition coefficient (Wildman–Crippen LogP) is 2.98. The molecule has 0 radical (unpaired) electrons. The molecule has 0 saturated carbocycles. The number of nitrogens with zero attached hydrogens (tertiary/aromatic N) is 4. The molecule has 28 heavy (non-hydrogen) atoms. The SMILES string of the molecule is COc1nc(Nc2cc(C(N)=O)ccc2C)c2cnn(-c3ccccc3)c2n1. The Bertz CT molecular complexity index is 1170. The molecule has 2 aromatic heterocycles.